The molecule has 0 aliphatic rings. The van der Waals surface area contributed by atoms with E-state index in [2.05, 4.69) is 0 Å². The number of ether oxygens (including phenoxy) is 2. The van der Waals surface area contributed by atoms with E-state index in [0.29, 0.717) is 11.1 Å². The van der Waals surface area contributed by atoms with E-state index in [-0.39, 0.29) is 40.6 Å². The fourth-order valence-electron chi connectivity index (χ4n) is 2.94. The summed E-state index contributed by atoms with van der Waals surface area (Å²) in [4.78, 5) is 24.7. The van der Waals surface area contributed by atoms with E-state index in [9.17, 15) is 14.9 Å². The van der Waals surface area contributed by atoms with Crippen LogP contribution in [0.25, 0.3) is 11.0 Å². The molecule has 29 heavy (non-hydrogen) atoms. The van der Waals surface area contributed by atoms with E-state index in [0.717, 1.165) is 27.8 Å². The van der Waals surface area contributed by atoms with Crippen molar-refractivity contribution in [3.05, 3.63) is 51.1 Å². The summed E-state index contributed by atoms with van der Waals surface area (Å²) < 4.78 is 15.9. The third-order valence-electron chi connectivity index (χ3n) is 4.59. The topological polar surface area (TPSA) is 116 Å². The van der Waals surface area contributed by atoms with Crippen LogP contribution in [0.3, 0.4) is 0 Å². The van der Waals surface area contributed by atoms with Crippen molar-refractivity contribution >= 4 is 39.2 Å². The average Bonchev–Trinajstić information content (AvgIpc) is 3.21. The highest BCUT2D eigenvalue weighted by atomic mass is 32.1. The normalized spacial score (nSPS) is 10.7. The molecule has 0 amide bonds. The Morgan fingerprint density at radius 3 is 2.66 bits per heavy atom. The van der Waals surface area contributed by atoms with Crippen molar-refractivity contribution < 1.29 is 23.5 Å². The van der Waals surface area contributed by atoms with Crippen molar-refractivity contribution in [1.29, 1.82) is 5.26 Å². The Labute approximate surface area is 171 Å². The van der Waals surface area contributed by atoms with Crippen LogP contribution in [0.2, 0.25) is 0 Å². The predicted octanol–water partition coefficient (Wildman–Crippen LogP) is 4.03. The maximum absolute atomic E-state index is 12.4. The fourth-order valence-corrected chi connectivity index (χ4v) is 3.86. The van der Waals surface area contributed by atoms with Crippen LogP contribution < -0.4 is 5.73 Å². The van der Waals surface area contributed by atoms with E-state index < -0.39 is 11.9 Å². The molecule has 1 aromatic carbocycles. The SMILES string of the molecule is CCOC(=O)c1sc(N)c(C#N)c1COC(=O)Cc1coc2cc(C)c(C)cc12. The lowest BCUT2D eigenvalue weighted by Gasteiger charge is -2.07. The third kappa shape index (κ3) is 4.10. The Bertz CT molecular complexity index is 1140. The lowest BCUT2D eigenvalue weighted by atomic mass is 10.0. The second-order valence-electron chi connectivity index (χ2n) is 6.51. The zero-order valence-electron chi connectivity index (χ0n) is 16.3. The number of furan rings is 1. The van der Waals surface area contributed by atoms with Crippen LogP contribution in [-0.2, 0) is 27.3 Å². The van der Waals surface area contributed by atoms with E-state index in [1.165, 1.54) is 6.26 Å². The lowest BCUT2D eigenvalue weighted by molar-refractivity contribution is -0.144. The molecule has 0 spiro atoms. The molecule has 0 unspecified atom stereocenters. The summed E-state index contributed by atoms with van der Waals surface area (Å²) in [5.41, 5.74) is 9.84. The number of nitriles is 1. The van der Waals surface area contributed by atoms with E-state index in [1.54, 1.807) is 6.92 Å². The summed E-state index contributed by atoms with van der Waals surface area (Å²) in [7, 11) is 0. The highest BCUT2D eigenvalue weighted by Gasteiger charge is 2.24. The van der Waals surface area contributed by atoms with Crippen LogP contribution in [0.5, 0.6) is 0 Å². The van der Waals surface area contributed by atoms with Gasteiger partial charge in [0.2, 0.25) is 0 Å². The molecule has 3 aromatic rings. The zero-order valence-corrected chi connectivity index (χ0v) is 17.1. The first-order chi connectivity index (χ1) is 13.8. The summed E-state index contributed by atoms with van der Waals surface area (Å²) in [6.07, 6.45) is 1.55. The van der Waals surface area contributed by atoms with Gasteiger partial charge in [0.1, 0.15) is 28.1 Å². The number of esters is 2. The van der Waals surface area contributed by atoms with Gasteiger partial charge in [-0.2, -0.15) is 5.26 Å². The number of thiophene rings is 1. The molecule has 2 heterocycles. The van der Waals surface area contributed by atoms with E-state index in [1.807, 2.05) is 32.0 Å². The Kier molecular flexibility index (Phi) is 5.89. The van der Waals surface area contributed by atoms with Crippen molar-refractivity contribution in [2.24, 2.45) is 0 Å². The van der Waals surface area contributed by atoms with Gasteiger partial charge < -0.3 is 19.6 Å². The summed E-state index contributed by atoms with van der Waals surface area (Å²) in [6, 6.07) is 5.86. The molecule has 0 atom stereocenters. The molecular weight excluding hydrogens is 392 g/mol. The molecule has 0 saturated heterocycles. The maximum Gasteiger partial charge on any atom is 0.348 e. The van der Waals surface area contributed by atoms with Crippen molar-refractivity contribution in [1.82, 2.24) is 0 Å². The first-order valence-corrected chi connectivity index (χ1v) is 9.78. The first kappa shape index (κ1) is 20.4. The molecule has 0 radical (unpaired) electrons. The minimum Gasteiger partial charge on any atom is -0.464 e. The third-order valence-corrected chi connectivity index (χ3v) is 5.63. The van der Waals surface area contributed by atoms with Gasteiger partial charge in [-0.1, -0.05) is 0 Å². The van der Waals surface area contributed by atoms with Gasteiger partial charge in [0.15, 0.2) is 0 Å². The minimum absolute atomic E-state index is 0.00570. The van der Waals surface area contributed by atoms with Crippen LogP contribution in [0, 0.1) is 25.2 Å². The summed E-state index contributed by atoms with van der Waals surface area (Å²) in [5.74, 6) is -1.10. The number of rotatable bonds is 6. The van der Waals surface area contributed by atoms with Crippen LogP contribution in [-0.4, -0.2) is 18.5 Å². The van der Waals surface area contributed by atoms with Gasteiger partial charge in [0.05, 0.1) is 24.9 Å². The number of hydrogen-bond acceptors (Lipinski definition) is 8. The summed E-state index contributed by atoms with van der Waals surface area (Å²) >= 11 is 0.950. The molecule has 8 heteroatoms. The predicted molar refractivity (Wildman–Crippen MR) is 109 cm³/mol. The zero-order chi connectivity index (χ0) is 21.1. The number of benzene rings is 1. The maximum atomic E-state index is 12.4. The molecule has 0 aliphatic carbocycles. The smallest absolute Gasteiger partial charge is 0.348 e. The number of carbonyl (C=O) groups excluding carboxylic acids is 2. The number of fused-ring (bicyclic) bond motifs is 1. The van der Waals surface area contributed by atoms with Crippen molar-refractivity contribution in [3.8, 4) is 6.07 Å². The number of nitrogens with zero attached hydrogens (tertiary/aromatic N) is 1. The summed E-state index contributed by atoms with van der Waals surface area (Å²) in [6.45, 7) is 5.61. The molecular formula is C21H20N2O5S. The molecule has 0 fully saturated rings. The second-order valence-corrected chi connectivity index (χ2v) is 7.56. The van der Waals surface area contributed by atoms with Gasteiger partial charge in [-0.15, -0.1) is 11.3 Å². The molecule has 3 rings (SSSR count). The minimum atomic E-state index is -0.594. The molecule has 150 valence electrons. The number of nitrogens with two attached hydrogens (primary N) is 1. The van der Waals surface area contributed by atoms with Gasteiger partial charge in [0.25, 0.3) is 0 Å². The van der Waals surface area contributed by atoms with E-state index >= 15 is 0 Å². The van der Waals surface area contributed by atoms with Gasteiger partial charge in [-0.25, -0.2) is 4.79 Å². The van der Waals surface area contributed by atoms with Crippen molar-refractivity contribution in [2.45, 2.75) is 33.8 Å². The molecule has 2 aromatic heterocycles. The summed E-state index contributed by atoms with van der Waals surface area (Å²) in [5, 5.41) is 10.4. The average molecular weight is 412 g/mol. The van der Waals surface area contributed by atoms with Crippen LogP contribution >= 0.6 is 11.3 Å². The van der Waals surface area contributed by atoms with Gasteiger partial charge in [-0.05, 0) is 44.0 Å². The van der Waals surface area contributed by atoms with Gasteiger partial charge in [-0.3, -0.25) is 4.79 Å². The second kappa shape index (κ2) is 8.37. The van der Waals surface area contributed by atoms with E-state index in [4.69, 9.17) is 19.6 Å². The quantitative estimate of drug-likeness (QED) is 0.608. The highest BCUT2D eigenvalue weighted by molar-refractivity contribution is 7.18. The number of nitrogen functional groups attached to an aromatic ring is 1. The van der Waals surface area contributed by atoms with Crippen LogP contribution in [0.1, 0.15) is 44.4 Å². The Hall–Kier alpha value is -3.31. The number of anilines is 1. The first-order valence-electron chi connectivity index (χ1n) is 8.97. The fraction of sp³-hybridized carbons (Fsp3) is 0.286. The number of hydrogen-bond donors (Lipinski definition) is 1. The van der Waals surface area contributed by atoms with Gasteiger partial charge in [0, 0.05) is 16.5 Å². The monoisotopic (exact) mass is 412 g/mol. The molecule has 7 nitrogen and oxygen atoms in total. The number of carbonyl (C=O) groups is 2. The number of aryl methyl sites for hydroxylation is 2. The molecule has 0 bridgehead atoms. The van der Waals surface area contributed by atoms with Gasteiger partial charge >= 0.3 is 11.9 Å². The Morgan fingerprint density at radius 1 is 1.24 bits per heavy atom. The Balaban J connectivity index is 1.77. The van der Waals surface area contributed by atoms with Crippen molar-refractivity contribution in [3.63, 3.8) is 0 Å². The molecule has 2 N–H and O–H groups in total. The lowest BCUT2D eigenvalue weighted by Crippen LogP contribution is -2.11. The standard InChI is InChI=1S/C21H20N2O5S/c1-4-26-21(25)19-16(15(8-22)20(23)29-19)10-28-18(24)7-13-9-27-17-6-12(3)11(2)5-14(13)17/h5-6,9H,4,7,10,23H2,1-3H3. The van der Waals surface area contributed by atoms with Crippen LogP contribution in [0.4, 0.5) is 5.00 Å². The highest BCUT2D eigenvalue weighted by Crippen LogP contribution is 2.32. The molecule has 0 saturated carbocycles. The van der Waals surface area contributed by atoms with Crippen LogP contribution in [0.15, 0.2) is 22.8 Å². The molecule has 0 aliphatic heterocycles. The van der Waals surface area contributed by atoms with Crippen molar-refractivity contribution in [2.75, 3.05) is 12.3 Å². The Morgan fingerprint density at radius 2 is 1.97 bits per heavy atom. The largest absolute Gasteiger partial charge is 0.464 e.